The van der Waals surface area contributed by atoms with Crippen molar-refractivity contribution in [3.8, 4) is 23.0 Å². The zero-order valence-corrected chi connectivity index (χ0v) is 45.4. The van der Waals surface area contributed by atoms with E-state index in [9.17, 15) is 16.8 Å². The second kappa shape index (κ2) is 31.8. The number of hydrogen-bond acceptors (Lipinski definition) is 16. The molecule has 21 heteroatoms. The van der Waals surface area contributed by atoms with Crippen LogP contribution in [0.25, 0.3) is 9.44 Å². The minimum absolute atomic E-state index is 0. The summed E-state index contributed by atoms with van der Waals surface area (Å²) < 4.78 is 116. The molecule has 413 valence electrons. The summed E-state index contributed by atoms with van der Waals surface area (Å²) in [4.78, 5) is 9.35. The van der Waals surface area contributed by atoms with Crippen LogP contribution in [-0.2, 0) is 65.5 Å². The first kappa shape index (κ1) is 59.9. The van der Waals surface area contributed by atoms with E-state index < -0.39 is 20.0 Å². The first-order valence-electron chi connectivity index (χ1n) is 24.6. The summed E-state index contributed by atoms with van der Waals surface area (Å²) in [5, 5.41) is 0. The van der Waals surface area contributed by atoms with Crippen molar-refractivity contribution < 1.29 is 81.3 Å². The van der Waals surface area contributed by atoms with Crippen LogP contribution in [0.4, 0.5) is 22.7 Å². The fraction of sp³-hybridized carbons (Fsp3) is 0.321. The summed E-state index contributed by atoms with van der Waals surface area (Å²) in [5.41, 5.74) is 4.86. The predicted molar refractivity (Wildman–Crippen MR) is 290 cm³/mol. The van der Waals surface area contributed by atoms with Gasteiger partial charge in [0.25, 0.3) is 0 Å². The van der Waals surface area contributed by atoms with Crippen LogP contribution in [-0.4, -0.2) is 135 Å². The second-order valence-electron chi connectivity index (χ2n) is 16.7. The Morgan fingerprint density at radius 1 is 0.377 bits per heavy atom. The van der Waals surface area contributed by atoms with Gasteiger partial charge in [0.2, 0.25) is 0 Å². The zero-order chi connectivity index (χ0) is 53.3. The number of fused-ring (bicyclic) bond motifs is 2. The SMILES string of the molecule is Cc1ccc(S(=O)(=O)[N-]c2ccccc2C=Nc2ccc3c(c2)OCCOCCOCCOCCO3)cc1.Cc1ccc(S(=O)(=O)[N-]c2ccccc2C=Nc2ccc3c(c2)OCCOCCOCCOCCO3)cc1.[Cu+2]. The molecule has 2 heterocycles. The number of aliphatic imine (C=N–C) groups is 2. The summed E-state index contributed by atoms with van der Waals surface area (Å²) in [6.07, 6.45) is 3.16. The van der Waals surface area contributed by atoms with Crippen molar-refractivity contribution in [2.75, 3.05) is 106 Å². The molecule has 6 aromatic rings. The first-order valence-corrected chi connectivity index (χ1v) is 27.5. The largest absolute Gasteiger partial charge is 2.00 e. The van der Waals surface area contributed by atoms with Crippen LogP contribution in [0, 0.1) is 13.8 Å². The standard InChI is InChI=1S/2C28H31N2O7S.Cu/c2*1-22-6-9-25(10-7-22)38(31,32)30-26-5-3-2-4-23(26)21-29-24-8-11-27-28(20-24)37-19-17-35-15-13-33-12-14-34-16-18-36-27;/h2*2-11,20-21H,12-19H2,1H3;/q2*-1;+2. The van der Waals surface area contributed by atoms with E-state index in [0.29, 0.717) is 163 Å². The van der Waals surface area contributed by atoms with Crippen molar-refractivity contribution in [1.29, 1.82) is 0 Å². The monoisotopic (exact) mass is 1140 g/mol. The topological polar surface area (TPSA) is 213 Å². The smallest absolute Gasteiger partial charge is 0.572 e. The Kier molecular flexibility index (Phi) is 24.7. The summed E-state index contributed by atoms with van der Waals surface area (Å²) in [7, 11) is -7.75. The van der Waals surface area contributed by atoms with E-state index in [-0.39, 0.29) is 26.9 Å². The summed E-state index contributed by atoms with van der Waals surface area (Å²) in [5.74, 6) is 2.18. The number of nitrogens with zero attached hydrogens (tertiary/aromatic N) is 4. The third-order valence-corrected chi connectivity index (χ3v) is 13.5. The van der Waals surface area contributed by atoms with Crippen LogP contribution in [0.3, 0.4) is 0 Å². The molecular formula is C56H62CuN4O14S2. The van der Waals surface area contributed by atoms with Gasteiger partial charge in [-0.2, -0.15) is 0 Å². The Labute approximate surface area is 461 Å². The summed E-state index contributed by atoms with van der Waals surface area (Å²) >= 11 is 0. The number of sulfonamides is 2. The molecule has 2 aliphatic heterocycles. The van der Waals surface area contributed by atoms with Crippen LogP contribution in [0.15, 0.2) is 153 Å². The third kappa shape index (κ3) is 20.2. The first-order chi connectivity index (χ1) is 37.0. The molecule has 18 nitrogen and oxygen atoms in total. The average molecular weight is 1140 g/mol. The van der Waals surface area contributed by atoms with Crippen LogP contribution in [0.2, 0.25) is 0 Å². The number of benzene rings is 6. The van der Waals surface area contributed by atoms with Crippen molar-refractivity contribution in [1.82, 2.24) is 0 Å². The molecule has 0 spiro atoms. The van der Waals surface area contributed by atoms with Gasteiger partial charge in [-0.05, 0) is 73.5 Å². The molecular weight excluding hydrogens is 1080 g/mol. The minimum atomic E-state index is -3.88. The fourth-order valence-corrected chi connectivity index (χ4v) is 9.00. The van der Waals surface area contributed by atoms with Crippen LogP contribution in [0.1, 0.15) is 22.3 Å². The Hall–Kier alpha value is -6.36. The molecule has 0 amide bonds. The van der Waals surface area contributed by atoms with Gasteiger partial charge in [0.15, 0.2) is 23.0 Å². The van der Waals surface area contributed by atoms with Gasteiger partial charge in [0, 0.05) is 24.6 Å². The van der Waals surface area contributed by atoms with Gasteiger partial charge in [-0.25, -0.2) is 16.8 Å². The molecule has 6 aromatic carbocycles. The molecule has 0 saturated heterocycles. The van der Waals surface area contributed by atoms with E-state index in [2.05, 4.69) is 19.4 Å². The van der Waals surface area contributed by atoms with Gasteiger partial charge >= 0.3 is 17.1 Å². The maximum Gasteiger partial charge on any atom is 2.00 e. The van der Waals surface area contributed by atoms with E-state index in [4.69, 9.17) is 47.4 Å². The fourth-order valence-electron chi connectivity index (χ4n) is 6.98. The number of aryl methyl sites for hydroxylation is 2. The molecule has 0 unspecified atom stereocenters. The Morgan fingerprint density at radius 2 is 0.675 bits per heavy atom. The van der Waals surface area contributed by atoms with Gasteiger partial charge in [-0.1, -0.05) is 83.9 Å². The van der Waals surface area contributed by atoms with Gasteiger partial charge in [-0.15, -0.1) is 11.4 Å². The predicted octanol–water partition coefficient (Wildman–Crippen LogP) is 9.92. The molecule has 0 bridgehead atoms. The van der Waals surface area contributed by atoms with Gasteiger partial charge in [-0.3, -0.25) is 9.98 Å². The van der Waals surface area contributed by atoms with E-state index in [1.807, 2.05) is 13.8 Å². The molecule has 77 heavy (non-hydrogen) atoms. The van der Waals surface area contributed by atoms with Crippen molar-refractivity contribution in [2.24, 2.45) is 9.98 Å². The maximum atomic E-state index is 12.9. The maximum absolute atomic E-state index is 12.9. The van der Waals surface area contributed by atoms with Crippen molar-refractivity contribution in [2.45, 2.75) is 23.6 Å². The Balaban J connectivity index is 0.000000246. The molecule has 8 rings (SSSR count). The Morgan fingerprint density at radius 3 is 1.01 bits per heavy atom. The molecule has 0 fully saturated rings. The molecule has 2 aliphatic rings. The van der Waals surface area contributed by atoms with Gasteiger partial charge in [0.05, 0.1) is 100 Å². The molecule has 0 saturated carbocycles. The average Bonchev–Trinajstić information content (AvgIpc) is 3.44. The van der Waals surface area contributed by atoms with Crippen LogP contribution < -0.4 is 18.9 Å². The Bertz CT molecular complexity index is 2830. The molecule has 0 aliphatic carbocycles. The molecule has 0 aromatic heterocycles. The molecule has 0 N–H and O–H groups in total. The number of rotatable bonds is 10. The zero-order valence-electron chi connectivity index (χ0n) is 42.8. The number of hydrogen-bond donors (Lipinski definition) is 0. The molecule has 1 radical (unpaired) electrons. The van der Waals surface area contributed by atoms with Crippen molar-refractivity contribution in [3.63, 3.8) is 0 Å². The third-order valence-electron chi connectivity index (χ3n) is 10.9. The van der Waals surface area contributed by atoms with E-state index in [1.54, 1.807) is 146 Å². The minimum Gasteiger partial charge on any atom is -0.572 e. The summed E-state index contributed by atoms with van der Waals surface area (Å²) in [6.45, 7) is 10.7. The van der Waals surface area contributed by atoms with Crippen LogP contribution in [0.5, 0.6) is 23.0 Å². The van der Waals surface area contributed by atoms with E-state index >= 15 is 0 Å². The van der Waals surface area contributed by atoms with Gasteiger partial charge in [0.1, 0.15) is 46.5 Å². The molecule has 0 atom stereocenters. The van der Waals surface area contributed by atoms with Crippen molar-refractivity contribution in [3.05, 3.63) is 165 Å². The van der Waals surface area contributed by atoms with Crippen molar-refractivity contribution >= 4 is 55.2 Å². The van der Waals surface area contributed by atoms with Gasteiger partial charge < -0.3 is 56.8 Å². The van der Waals surface area contributed by atoms with Crippen LogP contribution >= 0.6 is 0 Å². The normalized spacial score (nSPS) is 15.7. The summed E-state index contributed by atoms with van der Waals surface area (Å²) in [6, 6.07) is 37.7. The second-order valence-corrected chi connectivity index (χ2v) is 19.9. The number of ether oxygens (including phenoxy) is 10. The quantitative estimate of drug-likeness (QED) is 0.0922. The van der Waals surface area contributed by atoms with E-state index in [1.165, 1.54) is 0 Å². The van der Waals surface area contributed by atoms with E-state index in [0.717, 1.165) is 11.1 Å².